The molecule has 0 saturated heterocycles. The molecule has 2 atom stereocenters. The molecule has 0 radical (unpaired) electrons. The maximum atomic E-state index is 14.2. The van der Waals surface area contributed by atoms with Crippen molar-refractivity contribution < 1.29 is 22.7 Å². The molecule has 3 rings (SSSR count). The van der Waals surface area contributed by atoms with Crippen LogP contribution in [0.2, 0.25) is 0 Å². The number of hydrogen-bond donors (Lipinski definition) is 1. The number of aryl methyl sites for hydroxylation is 2. The fourth-order valence-electron chi connectivity index (χ4n) is 4.67. The summed E-state index contributed by atoms with van der Waals surface area (Å²) in [6.07, 6.45) is 1.09. The predicted octanol–water partition coefficient (Wildman–Crippen LogP) is 5.23. The zero-order valence-electron chi connectivity index (χ0n) is 24.8. The molecular formula is C32H41N3O5S. The monoisotopic (exact) mass is 579 g/mol. The van der Waals surface area contributed by atoms with Crippen LogP contribution in [0.1, 0.15) is 50.3 Å². The number of sulfonamides is 1. The molecule has 220 valence electrons. The van der Waals surface area contributed by atoms with E-state index in [0.717, 1.165) is 27.4 Å². The van der Waals surface area contributed by atoms with E-state index >= 15 is 0 Å². The average Bonchev–Trinajstić information content (AvgIpc) is 2.95. The third-order valence-electron chi connectivity index (χ3n) is 6.98. The van der Waals surface area contributed by atoms with Gasteiger partial charge in [0.25, 0.3) is 10.0 Å². The highest BCUT2D eigenvalue weighted by Crippen LogP contribution is 2.27. The van der Waals surface area contributed by atoms with Gasteiger partial charge in [0.1, 0.15) is 18.3 Å². The topological polar surface area (TPSA) is 96.0 Å². The minimum atomic E-state index is -4.11. The Hall–Kier alpha value is -3.85. The molecule has 0 bridgehead atoms. The van der Waals surface area contributed by atoms with Crippen LogP contribution in [0.15, 0.2) is 77.7 Å². The lowest BCUT2D eigenvalue weighted by molar-refractivity contribution is -0.140. The molecule has 8 nitrogen and oxygen atoms in total. The quantitative estimate of drug-likeness (QED) is 0.299. The van der Waals surface area contributed by atoms with Gasteiger partial charge in [-0.25, -0.2) is 8.42 Å². The third-order valence-corrected chi connectivity index (χ3v) is 8.77. The molecular weight excluding hydrogens is 538 g/mol. The van der Waals surface area contributed by atoms with E-state index < -0.39 is 28.5 Å². The van der Waals surface area contributed by atoms with Crippen molar-refractivity contribution in [2.45, 2.75) is 71.0 Å². The van der Waals surface area contributed by atoms with Gasteiger partial charge in [0.2, 0.25) is 11.8 Å². The largest absolute Gasteiger partial charge is 0.497 e. The lowest BCUT2D eigenvalue weighted by atomic mass is 10.1. The zero-order chi connectivity index (χ0) is 30.2. The molecule has 0 heterocycles. The molecule has 3 aromatic carbocycles. The Bertz CT molecular complexity index is 1420. The van der Waals surface area contributed by atoms with Gasteiger partial charge in [-0.2, -0.15) is 0 Å². The third kappa shape index (κ3) is 8.10. The van der Waals surface area contributed by atoms with Gasteiger partial charge in [0.05, 0.1) is 17.7 Å². The highest BCUT2D eigenvalue weighted by Gasteiger charge is 2.34. The number of ether oxygens (including phenoxy) is 1. The summed E-state index contributed by atoms with van der Waals surface area (Å²) in [6, 6.07) is 19.9. The van der Waals surface area contributed by atoms with Crippen LogP contribution < -0.4 is 14.4 Å². The first-order valence-corrected chi connectivity index (χ1v) is 15.3. The fourth-order valence-corrected chi connectivity index (χ4v) is 6.09. The molecule has 41 heavy (non-hydrogen) atoms. The Morgan fingerprint density at radius 3 is 2.15 bits per heavy atom. The van der Waals surface area contributed by atoms with Gasteiger partial charge in [-0.05, 0) is 86.7 Å². The lowest BCUT2D eigenvalue weighted by Gasteiger charge is -2.34. The van der Waals surface area contributed by atoms with Crippen LogP contribution in [0.3, 0.4) is 0 Å². The van der Waals surface area contributed by atoms with Crippen LogP contribution in [-0.2, 0) is 26.2 Å². The van der Waals surface area contributed by atoms with Crippen molar-refractivity contribution in [3.05, 3.63) is 89.5 Å². The van der Waals surface area contributed by atoms with Crippen LogP contribution >= 0.6 is 0 Å². The highest BCUT2D eigenvalue weighted by atomic mass is 32.2. The summed E-state index contributed by atoms with van der Waals surface area (Å²) < 4.78 is 34.5. The minimum absolute atomic E-state index is 0.0736. The number of benzene rings is 3. The smallest absolute Gasteiger partial charge is 0.264 e. The van der Waals surface area contributed by atoms with Crippen LogP contribution in [0, 0.1) is 13.8 Å². The van der Waals surface area contributed by atoms with E-state index in [1.54, 1.807) is 43.5 Å². The number of hydrogen-bond acceptors (Lipinski definition) is 5. The Balaban J connectivity index is 2.09. The van der Waals surface area contributed by atoms with Crippen LogP contribution in [0.5, 0.6) is 5.75 Å². The average molecular weight is 580 g/mol. The molecule has 3 aromatic rings. The highest BCUT2D eigenvalue weighted by molar-refractivity contribution is 7.92. The molecule has 0 aromatic heterocycles. The van der Waals surface area contributed by atoms with Gasteiger partial charge in [0, 0.05) is 12.6 Å². The Kier molecular flexibility index (Phi) is 10.9. The van der Waals surface area contributed by atoms with Gasteiger partial charge in [0.15, 0.2) is 0 Å². The molecule has 2 unspecified atom stereocenters. The Labute approximate surface area is 244 Å². The first-order chi connectivity index (χ1) is 19.5. The van der Waals surface area contributed by atoms with Gasteiger partial charge in [-0.3, -0.25) is 13.9 Å². The SMILES string of the molecule is CCC(C)NC(=O)C(CC)N(Cc1cccc(OC)c1)C(=O)CN(c1cc(C)cc(C)c1)S(=O)(=O)c1ccccc1. The number of nitrogens with one attached hydrogen (secondary N) is 1. The molecule has 0 spiro atoms. The first-order valence-electron chi connectivity index (χ1n) is 13.9. The second-order valence-electron chi connectivity index (χ2n) is 10.3. The van der Waals surface area contributed by atoms with E-state index in [1.807, 2.05) is 58.9 Å². The van der Waals surface area contributed by atoms with E-state index in [1.165, 1.54) is 17.0 Å². The van der Waals surface area contributed by atoms with Crippen LogP contribution in [0.4, 0.5) is 5.69 Å². The standard InChI is InChI=1S/C32H41N3O5S/c1-7-25(5)33-32(37)30(8-2)34(21-26-13-12-14-28(20-26)40-6)31(36)22-35(27-18-23(3)17-24(4)19-27)41(38,39)29-15-10-9-11-16-29/h9-20,25,30H,7-8,21-22H2,1-6H3,(H,33,37). The van der Waals surface area contributed by atoms with E-state index in [4.69, 9.17) is 4.74 Å². The summed E-state index contributed by atoms with van der Waals surface area (Å²) in [4.78, 5) is 29.2. The summed E-state index contributed by atoms with van der Waals surface area (Å²) in [7, 11) is -2.55. The Morgan fingerprint density at radius 1 is 0.902 bits per heavy atom. The molecule has 0 aliphatic rings. The van der Waals surface area contributed by atoms with Crippen molar-refractivity contribution in [2.75, 3.05) is 18.0 Å². The van der Waals surface area contributed by atoms with Gasteiger partial charge >= 0.3 is 0 Å². The van der Waals surface area contributed by atoms with E-state index in [9.17, 15) is 18.0 Å². The molecule has 0 aliphatic carbocycles. The summed E-state index contributed by atoms with van der Waals surface area (Å²) in [5.41, 5.74) is 2.89. The van der Waals surface area contributed by atoms with E-state index in [-0.39, 0.29) is 23.4 Å². The molecule has 2 amide bonds. The predicted molar refractivity (Wildman–Crippen MR) is 162 cm³/mol. The summed E-state index contributed by atoms with van der Waals surface area (Å²) in [5, 5.41) is 2.99. The summed E-state index contributed by atoms with van der Waals surface area (Å²) >= 11 is 0. The Morgan fingerprint density at radius 2 is 1.56 bits per heavy atom. The minimum Gasteiger partial charge on any atom is -0.497 e. The fraction of sp³-hybridized carbons (Fsp3) is 0.375. The van der Waals surface area contributed by atoms with Crippen molar-refractivity contribution in [1.29, 1.82) is 0 Å². The second-order valence-corrected chi connectivity index (χ2v) is 12.1. The van der Waals surface area contributed by atoms with Crippen LogP contribution in [0.25, 0.3) is 0 Å². The number of carbonyl (C=O) groups is 2. The van der Waals surface area contributed by atoms with Crippen LogP contribution in [-0.4, -0.2) is 50.9 Å². The molecule has 1 N–H and O–H groups in total. The van der Waals surface area contributed by atoms with Crippen molar-refractivity contribution in [3.8, 4) is 5.75 Å². The van der Waals surface area contributed by atoms with Crippen molar-refractivity contribution in [3.63, 3.8) is 0 Å². The van der Waals surface area contributed by atoms with Crippen molar-refractivity contribution in [2.24, 2.45) is 0 Å². The molecule has 9 heteroatoms. The lowest BCUT2D eigenvalue weighted by Crippen LogP contribution is -2.53. The van der Waals surface area contributed by atoms with Crippen molar-refractivity contribution in [1.82, 2.24) is 10.2 Å². The molecule has 0 fully saturated rings. The number of amides is 2. The summed E-state index contributed by atoms with van der Waals surface area (Å²) in [6.45, 7) is 9.12. The maximum Gasteiger partial charge on any atom is 0.264 e. The second kappa shape index (κ2) is 14.2. The zero-order valence-corrected chi connectivity index (χ0v) is 25.6. The molecule has 0 aliphatic heterocycles. The maximum absolute atomic E-state index is 14.2. The van der Waals surface area contributed by atoms with Gasteiger partial charge < -0.3 is 15.0 Å². The first kappa shape index (κ1) is 31.7. The number of rotatable bonds is 13. The van der Waals surface area contributed by atoms with Gasteiger partial charge in [-0.15, -0.1) is 0 Å². The van der Waals surface area contributed by atoms with E-state index in [2.05, 4.69) is 5.32 Å². The van der Waals surface area contributed by atoms with Gasteiger partial charge in [-0.1, -0.05) is 50.2 Å². The van der Waals surface area contributed by atoms with Crippen molar-refractivity contribution >= 4 is 27.5 Å². The number of nitrogens with zero attached hydrogens (tertiary/aromatic N) is 2. The number of anilines is 1. The number of methoxy groups -OCH3 is 1. The summed E-state index contributed by atoms with van der Waals surface area (Å²) in [5.74, 6) is -0.143. The number of carbonyl (C=O) groups excluding carboxylic acids is 2. The molecule has 0 saturated carbocycles. The normalized spacial score (nSPS) is 12.7. The van der Waals surface area contributed by atoms with E-state index in [0.29, 0.717) is 17.9 Å².